The average molecular weight is 493 g/mol. The van der Waals surface area contributed by atoms with Gasteiger partial charge < -0.3 is 19.9 Å². The molecule has 1 aromatic heterocycles. The van der Waals surface area contributed by atoms with E-state index in [1.807, 2.05) is 55.5 Å². The Hall–Kier alpha value is -3.49. The van der Waals surface area contributed by atoms with Crippen LogP contribution in [0.4, 0.5) is 5.69 Å². The van der Waals surface area contributed by atoms with Gasteiger partial charge in [0.1, 0.15) is 0 Å². The summed E-state index contributed by atoms with van der Waals surface area (Å²) in [7, 11) is 0. The molecule has 0 bridgehead atoms. The third kappa shape index (κ3) is 4.73. The van der Waals surface area contributed by atoms with Gasteiger partial charge in [0.2, 0.25) is 11.0 Å². The molecule has 1 aliphatic rings. The predicted molar refractivity (Wildman–Crippen MR) is 133 cm³/mol. The molecule has 0 saturated carbocycles. The first-order valence-corrected chi connectivity index (χ1v) is 12.1. The van der Waals surface area contributed by atoms with E-state index in [0.717, 1.165) is 22.4 Å². The number of hydrogen-bond donors (Lipinski definition) is 2. The number of ether oxygens (including phenoxy) is 2. The molecule has 2 N–H and O–H groups in total. The van der Waals surface area contributed by atoms with Crippen LogP contribution in [0.3, 0.4) is 0 Å². The zero-order valence-corrected chi connectivity index (χ0v) is 19.8. The topological polar surface area (TPSA) is 89.4 Å². The van der Waals surface area contributed by atoms with Crippen molar-refractivity contribution in [3.8, 4) is 28.6 Å². The molecule has 5 rings (SSSR count). The van der Waals surface area contributed by atoms with E-state index in [2.05, 4.69) is 20.5 Å². The highest BCUT2D eigenvalue weighted by Gasteiger charge is 2.26. The smallest absolute Gasteiger partial charge is 0.247 e. The first-order valence-electron chi connectivity index (χ1n) is 10.7. The number of aromatic nitrogens is 3. The summed E-state index contributed by atoms with van der Waals surface area (Å²) in [5.74, 6) is 1.51. The van der Waals surface area contributed by atoms with Gasteiger partial charge >= 0.3 is 0 Å². The summed E-state index contributed by atoms with van der Waals surface area (Å²) >= 11 is 7.45. The Morgan fingerprint density at radius 3 is 2.74 bits per heavy atom. The number of halogens is 1. The van der Waals surface area contributed by atoms with Crippen LogP contribution in [0.1, 0.15) is 24.3 Å². The summed E-state index contributed by atoms with van der Waals surface area (Å²) in [6, 6.07) is 20.6. The number of para-hydroxylation sites is 1. The molecule has 1 atom stereocenters. The second-order valence-corrected chi connectivity index (χ2v) is 8.89. The number of thioether (sulfide) groups is 1. The largest absolute Gasteiger partial charge is 0.504 e. The SMILES string of the molecule is CCOc1cc([C@@H]2Nc3ccccc3-c3nnc(SCc4ccc(Cl)cc4)nc3O2)ccc1O. The molecule has 0 amide bonds. The van der Waals surface area contributed by atoms with Crippen molar-refractivity contribution in [3.05, 3.63) is 82.9 Å². The highest BCUT2D eigenvalue weighted by Crippen LogP contribution is 2.40. The van der Waals surface area contributed by atoms with Crippen LogP contribution in [0, 0.1) is 0 Å². The molecular weight excluding hydrogens is 472 g/mol. The van der Waals surface area contributed by atoms with Gasteiger partial charge in [-0.3, -0.25) is 0 Å². The molecule has 0 saturated heterocycles. The van der Waals surface area contributed by atoms with Crippen molar-refractivity contribution < 1.29 is 14.6 Å². The van der Waals surface area contributed by atoms with Gasteiger partial charge in [0, 0.05) is 27.6 Å². The van der Waals surface area contributed by atoms with Gasteiger partial charge in [-0.15, -0.1) is 10.2 Å². The minimum Gasteiger partial charge on any atom is -0.504 e. The van der Waals surface area contributed by atoms with E-state index in [1.54, 1.807) is 18.2 Å². The molecule has 34 heavy (non-hydrogen) atoms. The summed E-state index contributed by atoms with van der Waals surface area (Å²) in [6.45, 7) is 2.30. The molecule has 1 aliphatic heterocycles. The second-order valence-electron chi connectivity index (χ2n) is 7.51. The van der Waals surface area contributed by atoms with Crippen molar-refractivity contribution in [3.63, 3.8) is 0 Å². The summed E-state index contributed by atoms with van der Waals surface area (Å²) in [6.07, 6.45) is -0.576. The van der Waals surface area contributed by atoms with Crippen molar-refractivity contribution in [1.82, 2.24) is 15.2 Å². The zero-order valence-electron chi connectivity index (χ0n) is 18.2. The molecule has 4 aromatic rings. The molecular formula is C25H21ClN4O3S. The number of nitrogens with one attached hydrogen (secondary N) is 1. The average Bonchev–Trinajstić information content (AvgIpc) is 3.02. The molecule has 3 aromatic carbocycles. The van der Waals surface area contributed by atoms with Gasteiger partial charge in [-0.2, -0.15) is 4.98 Å². The summed E-state index contributed by atoms with van der Waals surface area (Å²) in [5.41, 5.74) is 4.13. The van der Waals surface area contributed by atoms with Crippen LogP contribution in [0.25, 0.3) is 11.3 Å². The molecule has 172 valence electrons. The third-order valence-electron chi connectivity index (χ3n) is 5.20. The number of aromatic hydroxyl groups is 1. The minimum atomic E-state index is -0.576. The highest BCUT2D eigenvalue weighted by atomic mass is 35.5. The Morgan fingerprint density at radius 1 is 1.09 bits per heavy atom. The molecule has 0 unspecified atom stereocenters. The Balaban J connectivity index is 1.48. The Bertz CT molecular complexity index is 1320. The molecule has 0 spiro atoms. The van der Waals surface area contributed by atoms with Crippen molar-refractivity contribution in [2.45, 2.75) is 24.1 Å². The normalized spacial score (nSPS) is 14.2. The molecule has 9 heteroatoms. The van der Waals surface area contributed by atoms with E-state index < -0.39 is 6.23 Å². The van der Waals surface area contributed by atoms with Crippen LogP contribution in [-0.4, -0.2) is 26.9 Å². The molecule has 2 heterocycles. The fraction of sp³-hybridized carbons (Fsp3) is 0.160. The Labute approximate surface area is 206 Å². The molecule has 0 fully saturated rings. The summed E-state index contributed by atoms with van der Waals surface area (Å²) in [4.78, 5) is 4.68. The first kappa shape index (κ1) is 22.3. The number of fused-ring (bicyclic) bond motifs is 3. The van der Waals surface area contributed by atoms with E-state index in [1.165, 1.54) is 11.8 Å². The van der Waals surface area contributed by atoms with Gasteiger partial charge in [-0.25, -0.2) is 0 Å². The van der Waals surface area contributed by atoms with E-state index >= 15 is 0 Å². The standard InChI is InChI=1S/C25H21ClN4O3S/c1-2-32-21-13-16(9-12-20(21)31)23-27-19-6-4-3-5-18(19)22-24(33-23)28-25(30-29-22)34-14-15-7-10-17(26)11-8-15/h3-13,23,27,31H,2,14H2,1H3/t23-/m1/s1. The van der Waals surface area contributed by atoms with Gasteiger partial charge in [0.05, 0.1) is 6.61 Å². The Kier molecular flexibility index (Phi) is 6.42. The number of benzene rings is 3. The molecule has 0 aliphatic carbocycles. The van der Waals surface area contributed by atoms with E-state index in [0.29, 0.717) is 39.9 Å². The van der Waals surface area contributed by atoms with Gasteiger partial charge in [-0.05, 0) is 48.9 Å². The monoisotopic (exact) mass is 492 g/mol. The zero-order chi connectivity index (χ0) is 23.5. The van der Waals surface area contributed by atoms with Crippen LogP contribution < -0.4 is 14.8 Å². The number of phenolic OH excluding ortho intramolecular Hbond substituents is 1. The van der Waals surface area contributed by atoms with Crippen molar-refractivity contribution in [1.29, 1.82) is 0 Å². The van der Waals surface area contributed by atoms with Crippen molar-refractivity contribution >= 4 is 29.1 Å². The number of hydrogen-bond acceptors (Lipinski definition) is 8. The maximum atomic E-state index is 10.1. The van der Waals surface area contributed by atoms with Crippen LogP contribution in [0.15, 0.2) is 71.9 Å². The molecule has 0 radical (unpaired) electrons. The number of phenols is 1. The number of nitrogens with zero attached hydrogens (tertiary/aromatic N) is 3. The third-order valence-corrected chi connectivity index (χ3v) is 6.36. The van der Waals surface area contributed by atoms with Crippen molar-refractivity contribution in [2.24, 2.45) is 0 Å². The first-order chi connectivity index (χ1) is 16.6. The maximum Gasteiger partial charge on any atom is 0.247 e. The second kappa shape index (κ2) is 9.79. The van der Waals surface area contributed by atoms with Crippen molar-refractivity contribution in [2.75, 3.05) is 11.9 Å². The van der Waals surface area contributed by atoms with E-state index in [-0.39, 0.29) is 5.75 Å². The van der Waals surface area contributed by atoms with E-state index in [4.69, 9.17) is 21.1 Å². The lowest BCUT2D eigenvalue weighted by Crippen LogP contribution is -2.17. The Morgan fingerprint density at radius 2 is 1.91 bits per heavy atom. The maximum absolute atomic E-state index is 10.1. The summed E-state index contributed by atoms with van der Waals surface area (Å²) in [5, 5.41) is 23.5. The minimum absolute atomic E-state index is 0.0740. The van der Waals surface area contributed by atoms with Crippen LogP contribution in [-0.2, 0) is 5.75 Å². The lowest BCUT2D eigenvalue weighted by Gasteiger charge is -2.20. The quantitative estimate of drug-likeness (QED) is 0.312. The van der Waals surface area contributed by atoms with Gasteiger partial charge in [-0.1, -0.05) is 53.7 Å². The summed E-state index contributed by atoms with van der Waals surface area (Å²) < 4.78 is 11.9. The molecule has 7 nitrogen and oxygen atoms in total. The highest BCUT2D eigenvalue weighted by molar-refractivity contribution is 7.98. The van der Waals surface area contributed by atoms with E-state index in [9.17, 15) is 5.11 Å². The van der Waals surface area contributed by atoms with Gasteiger partial charge in [0.25, 0.3) is 0 Å². The van der Waals surface area contributed by atoms with Crippen LogP contribution >= 0.6 is 23.4 Å². The predicted octanol–water partition coefficient (Wildman–Crippen LogP) is 6.09. The van der Waals surface area contributed by atoms with Crippen LogP contribution in [0.2, 0.25) is 5.02 Å². The fourth-order valence-electron chi connectivity index (χ4n) is 3.55. The fourth-order valence-corrected chi connectivity index (χ4v) is 4.41. The number of anilines is 1. The van der Waals surface area contributed by atoms with Crippen LogP contribution in [0.5, 0.6) is 17.4 Å². The lowest BCUT2D eigenvalue weighted by atomic mass is 10.1. The number of rotatable bonds is 6. The van der Waals surface area contributed by atoms with Gasteiger partial charge in [0.15, 0.2) is 23.4 Å². The lowest BCUT2D eigenvalue weighted by molar-refractivity contribution is 0.224.